The van der Waals surface area contributed by atoms with Gasteiger partial charge < -0.3 is 18.9 Å². The van der Waals surface area contributed by atoms with E-state index in [9.17, 15) is 4.91 Å². The molecule has 0 atom stereocenters. The van der Waals surface area contributed by atoms with Crippen molar-refractivity contribution in [2.24, 2.45) is 5.18 Å². The molecule has 0 heterocycles. The van der Waals surface area contributed by atoms with Gasteiger partial charge in [-0.2, -0.15) is 0 Å². The fraction of sp³-hybridized carbons (Fsp3) is 0.600. The monoisotopic (exact) mass is 297 g/mol. The Labute approximate surface area is 125 Å². The average Bonchev–Trinajstić information content (AvgIpc) is 2.49. The Hall–Kier alpha value is -1.66. The van der Waals surface area contributed by atoms with Crippen molar-refractivity contribution in [1.82, 2.24) is 0 Å². The van der Waals surface area contributed by atoms with Crippen LogP contribution in [0.1, 0.15) is 39.5 Å². The van der Waals surface area contributed by atoms with E-state index in [4.69, 9.17) is 18.9 Å². The third kappa shape index (κ3) is 4.68. The van der Waals surface area contributed by atoms with Crippen molar-refractivity contribution in [3.63, 3.8) is 0 Å². The van der Waals surface area contributed by atoms with Crippen LogP contribution in [0.3, 0.4) is 0 Å². The van der Waals surface area contributed by atoms with Crippen molar-refractivity contribution in [3.8, 4) is 11.5 Å². The van der Waals surface area contributed by atoms with Gasteiger partial charge in [0.15, 0.2) is 23.5 Å². The summed E-state index contributed by atoms with van der Waals surface area (Å²) in [6.45, 7) is 9.31. The van der Waals surface area contributed by atoms with Crippen LogP contribution in [-0.2, 0) is 9.47 Å². The second-order valence-electron chi connectivity index (χ2n) is 4.07. The van der Waals surface area contributed by atoms with Gasteiger partial charge in [-0.3, -0.25) is 0 Å². The molecule has 0 radical (unpaired) electrons. The Morgan fingerprint density at radius 2 is 1.57 bits per heavy atom. The first-order chi connectivity index (χ1) is 10.2. The van der Waals surface area contributed by atoms with E-state index in [-0.39, 0.29) is 5.69 Å². The zero-order valence-electron chi connectivity index (χ0n) is 13.0. The quantitative estimate of drug-likeness (QED) is 0.483. The second kappa shape index (κ2) is 9.31. The van der Waals surface area contributed by atoms with Gasteiger partial charge in [0.05, 0.1) is 13.2 Å². The molecule has 0 aliphatic heterocycles. The van der Waals surface area contributed by atoms with Crippen LogP contribution in [0.25, 0.3) is 0 Å². The lowest BCUT2D eigenvalue weighted by atomic mass is 10.1. The standard InChI is InChI=1S/C15H23NO5/c1-5-18-13-10-11(15(20-7-3)21-8-4)9-12(16-17)14(13)19-6-2/h9-10,15H,5-8H2,1-4H3. The van der Waals surface area contributed by atoms with E-state index in [0.29, 0.717) is 43.5 Å². The van der Waals surface area contributed by atoms with Crippen LogP contribution in [0.2, 0.25) is 0 Å². The lowest BCUT2D eigenvalue weighted by molar-refractivity contribution is -0.140. The summed E-state index contributed by atoms with van der Waals surface area (Å²) < 4.78 is 22.1. The van der Waals surface area contributed by atoms with E-state index in [1.165, 1.54) is 0 Å². The number of benzene rings is 1. The molecule has 1 aromatic carbocycles. The highest BCUT2D eigenvalue weighted by molar-refractivity contribution is 5.62. The smallest absolute Gasteiger partial charge is 0.190 e. The average molecular weight is 297 g/mol. The summed E-state index contributed by atoms with van der Waals surface area (Å²) in [6, 6.07) is 3.37. The molecule has 1 rings (SSSR count). The predicted octanol–water partition coefficient (Wildman–Crippen LogP) is 3.95. The minimum Gasteiger partial charge on any atom is -0.490 e. The number of rotatable bonds is 10. The van der Waals surface area contributed by atoms with E-state index < -0.39 is 6.29 Å². The summed E-state index contributed by atoms with van der Waals surface area (Å²) in [7, 11) is 0. The van der Waals surface area contributed by atoms with Crippen molar-refractivity contribution in [2.45, 2.75) is 34.0 Å². The molecule has 0 saturated carbocycles. The van der Waals surface area contributed by atoms with E-state index in [1.54, 1.807) is 12.1 Å². The third-order valence-electron chi connectivity index (χ3n) is 2.65. The molecule has 0 amide bonds. The summed E-state index contributed by atoms with van der Waals surface area (Å²) in [5.41, 5.74) is 0.863. The molecule has 0 N–H and O–H groups in total. The minimum absolute atomic E-state index is 0.183. The number of nitroso groups, excluding NO2 is 1. The highest BCUT2D eigenvalue weighted by Gasteiger charge is 2.20. The highest BCUT2D eigenvalue weighted by Crippen LogP contribution is 2.41. The van der Waals surface area contributed by atoms with Crippen LogP contribution in [0.5, 0.6) is 11.5 Å². The summed E-state index contributed by atoms with van der Waals surface area (Å²) in [5.74, 6) is 0.820. The SMILES string of the molecule is CCOc1cc(C(OCC)OCC)cc(N=O)c1OCC. The fourth-order valence-electron chi connectivity index (χ4n) is 1.91. The number of ether oxygens (including phenoxy) is 4. The third-order valence-corrected chi connectivity index (χ3v) is 2.65. The molecule has 118 valence electrons. The van der Waals surface area contributed by atoms with Gasteiger partial charge in [-0.25, -0.2) is 0 Å². The van der Waals surface area contributed by atoms with Crippen LogP contribution in [0, 0.1) is 4.91 Å². The Kier molecular flexibility index (Phi) is 7.71. The molecule has 6 nitrogen and oxygen atoms in total. The zero-order valence-corrected chi connectivity index (χ0v) is 13.0. The van der Waals surface area contributed by atoms with Crippen LogP contribution in [0.4, 0.5) is 5.69 Å². The predicted molar refractivity (Wildman–Crippen MR) is 80.2 cm³/mol. The Balaban J connectivity index is 3.26. The van der Waals surface area contributed by atoms with Gasteiger partial charge in [-0.05, 0) is 45.0 Å². The van der Waals surface area contributed by atoms with Crippen molar-refractivity contribution in [2.75, 3.05) is 26.4 Å². The van der Waals surface area contributed by atoms with Crippen molar-refractivity contribution in [3.05, 3.63) is 22.6 Å². The second-order valence-corrected chi connectivity index (χ2v) is 4.07. The molecule has 1 aromatic rings. The molecule has 0 aromatic heterocycles. The first-order valence-corrected chi connectivity index (χ1v) is 7.21. The molecule has 0 aliphatic rings. The molecule has 21 heavy (non-hydrogen) atoms. The number of hydrogen-bond donors (Lipinski definition) is 0. The van der Waals surface area contributed by atoms with Crippen molar-refractivity contribution in [1.29, 1.82) is 0 Å². The van der Waals surface area contributed by atoms with Gasteiger partial charge in [0.1, 0.15) is 0 Å². The van der Waals surface area contributed by atoms with Crippen LogP contribution in [0.15, 0.2) is 17.3 Å². The summed E-state index contributed by atoms with van der Waals surface area (Å²) in [6.07, 6.45) is -0.560. The summed E-state index contributed by atoms with van der Waals surface area (Å²) >= 11 is 0. The normalized spacial score (nSPS) is 10.7. The molecule has 0 spiro atoms. The maximum absolute atomic E-state index is 11.1. The maximum Gasteiger partial charge on any atom is 0.190 e. The van der Waals surface area contributed by atoms with Gasteiger partial charge in [-0.15, -0.1) is 4.91 Å². The van der Waals surface area contributed by atoms with Crippen LogP contribution < -0.4 is 9.47 Å². The van der Waals surface area contributed by atoms with E-state index in [1.807, 2.05) is 27.7 Å². The van der Waals surface area contributed by atoms with E-state index in [0.717, 1.165) is 0 Å². The molecule has 0 fully saturated rings. The lowest BCUT2D eigenvalue weighted by Gasteiger charge is -2.20. The zero-order chi connectivity index (χ0) is 15.7. The van der Waals surface area contributed by atoms with Crippen LogP contribution >= 0.6 is 0 Å². The molecular formula is C15H23NO5. The van der Waals surface area contributed by atoms with E-state index in [2.05, 4.69) is 5.18 Å². The Morgan fingerprint density at radius 1 is 0.952 bits per heavy atom. The first kappa shape index (κ1) is 17.4. The fourth-order valence-corrected chi connectivity index (χ4v) is 1.91. The molecule has 0 bridgehead atoms. The number of nitrogens with zero attached hydrogens (tertiary/aromatic N) is 1. The molecule has 0 saturated heterocycles. The molecular weight excluding hydrogens is 274 g/mol. The lowest BCUT2D eigenvalue weighted by Crippen LogP contribution is -2.10. The minimum atomic E-state index is -0.560. The molecule has 0 aliphatic carbocycles. The van der Waals surface area contributed by atoms with Gasteiger partial charge in [0.25, 0.3) is 0 Å². The maximum atomic E-state index is 11.1. The van der Waals surface area contributed by atoms with Gasteiger partial charge >= 0.3 is 0 Å². The Morgan fingerprint density at radius 3 is 2.05 bits per heavy atom. The van der Waals surface area contributed by atoms with Gasteiger partial charge in [0, 0.05) is 18.8 Å². The summed E-state index contributed by atoms with van der Waals surface area (Å²) in [4.78, 5) is 11.1. The first-order valence-electron chi connectivity index (χ1n) is 7.21. The molecule has 6 heteroatoms. The van der Waals surface area contributed by atoms with Crippen molar-refractivity contribution < 1.29 is 18.9 Å². The van der Waals surface area contributed by atoms with Crippen molar-refractivity contribution >= 4 is 5.69 Å². The van der Waals surface area contributed by atoms with Crippen LogP contribution in [-0.4, -0.2) is 26.4 Å². The van der Waals surface area contributed by atoms with Gasteiger partial charge in [0.2, 0.25) is 0 Å². The number of hydrogen-bond acceptors (Lipinski definition) is 6. The highest BCUT2D eigenvalue weighted by atomic mass is 16.7. The topological polar surface area (TPSA) is 66.3 Å². The Bertz CT molecular complexity index is 444. The largest absolute Gasteiger partial charge is 0.490 e. The van der Waals surface area contributed by atoms with Gasteiger partial charge in [-0.1, -0.05) is 0 Å². The molecule has 0 unspecified atom stereocenters. The van der Waals surface area contributed by atoms with E-state index >= 15 is 0 Å². The summed E-state index contributed by atoms with van der Waals surface area (Å²) in [5, 5.41) is 3.03.